The summed E-state index contributed by atoms with van der Waals surface area (Å²) in [5.41, 5.74) is 1.62. The first-order valence-corrected chi connectivity index (χ1v) is 8.67. The first-order chi connectivity index (χ1) is 11.9. The van der Waals surface area contributed by atoms with Crippen molar-refractivity contribution in [1.29, 1.82) is 0 Å². The van der Waals surface area contributed by atoms with Crippen LogP contribution in [0, 0.1) is 0 Å². The van der Waals surface area contributed by atoms with Crippen molar-refractivity contribution in [1.82, 2.24) is 5.32 Å². The maximum absolute atomic E-state index is 12.5. The van der Waals surface area contributed by atoms with E-state index in [1.165, 1.54) is 12.7 Å². The fourth-order valence-corrected chi connectivity index (χ4v) is 2.70. The number of carbonyl (C=O) groups excluding carboxylic acids is 1. The van der Waals surface area contributed by atoms with Crippen LogP contribution in [-0.4, -0.2) is 25.7 Å². The zero-order valence-corrected chi connectivity index (χ0v) is 15.8. The third-order valence-corrected chi connectivity index (χ3v) is 4.06. The molecule has 134 valence electrons. The number of hydrogen-bond donors (Lipinski definition) is 1. The molecule has 0 saturated carbocycles. The predicted octanol–water partition coefficient (Wildman–Crippen LogP) is 4.67. The second kappa shape index (κ2) is 8.77. The van der Waals surface area contributed by atoms with E-state index >= 15 is 0 Å². The van der Waals surface area contributed by atoms with Crippen LogP contribution < -0.4 is 14.8 Å². The van der Waals surface area contributed by atoms with Gasteiger partial charge in [-0.15, -0.1) is 0 Å². The molecule has 0 spiro atoms. The van der Waals surface area contributed by atoms with E-state index in [2.05, 4.69) is 24.4 Å². The van der Waals surface area contributed by atoms with Crippen LogP contribution in [0.4, 0.5) is 0 Å². The number of carbonyl (C=O) groups is 1. The van der Waals surface area contributed by atoms with Gasteiger partial charge in [-0.25, -0.2) is 0 Å². The van der Waals surface area contributed by atoms with Gasteiger partial charge in [-0.2, -0.15) is 0 Å². The van der Waals surface area contributed by atoms with E-state index in [9.17, 15) is 4.79 Å². The van der Waals surface area contributed by atoms with Crippen LogP contribution >= 0.6 is 11.6 Å². The Labute approximate surface area is 154 Å². The smallest absolute Gasteiger partial charge is 0.251 e. The minimum Gasteiger partial charge on any atom is -0.493 e. The van der Waals surface area contributed by atoms with Crippen molar-refractivity contribution in [2.45, 2.75) is 32.8 Å². The fourth-order valence-electron chi connectivity index (χ4n) is 2.45. The lowest BCUT2D eigenvalue weighted by Crippen LogP contribution is -2.27. The standard InChI is InChI=1S/C20H24ClNO3/c1-13(2)25-19-17(21)10-16(11-18(19)24-4)20(23)22-12-14(3)15-8-6-5-7-9-15/h5-11,13-14H,12H2,1-4H3,(H,22,23). The van der Waals surface area contributed by atoms with Crippen LogP contribution in [-0.2, 0) is 0 Å². The Balaban J connectivity index is 2.10. The van der Waals surface area contributed by atoms with Gasteiger partial charge >= 0.3 is 0 Å². The molecule has 2 aromatic carbocycles. The zero-order valence-electron chi connectivity index (χ0n) is 15.0. The molecule has 0 aromatic heterocycles. The van der Waals surface area contributed by atoms with E-state index in [1.807, 2.05) is 32.0 Å². The molecule has 0 bridgehead atoms. The first-order valence-electron chi connectivity index (χ1n) is 8.29. The van der Waals surface area contributed by atoms with Crippen LogP contribution in [0.25, 0.3) is 0 Å². The van der Waals surface area contributed by atoms with Crippen LogP contribution in [0.3, 0.4) is 0 Å². The van der Waals surface area contributed by atoms with Crippen molar-refractivity contribution in [3.8, 4) is 11.5 Å². The molecule has 0 fully saturated rings. The lowest BCUT2D eigenvalue weighted by Gasteiger charge is -2.17. The van der Waals surface area contributed by atoms with E-state index in [0.29, 0.717) is 28.6 Å². The quantitative estimate of drug-likeness (QED) is 0.779. The van der Waals surface area contributed by atoms with Crippen LogP contribution in [0.2, 0.25) is 5.02 Å². The van der Waals surface area contributed by atoms with Gasteiger partial charge in [-0.05, 0) is 37.5 Å². The lowest BCUT2D eigenvalue weighted by molar-refractivity contribution is 0.0951. The van der Waals surface area contributed by atoms with Crippen LogP contribution in [0.15, 0.2) is 42.5 Å². The molecule has 0 saturated heterocycles. The molecule has 1 unspecified atom stereocenters. The van der Waals surface area contributed by atoms with Gasteiger partial charge in [0.15, 0.2) is 11.5 Å². The van der Waals surface area contributed by atoms with E-state index in [4.69, 9.17) is 21.1 Å². The molecular weight excluding hydrogens is 338 g/mol. The lowest BCUT2D eigenvalue weighted by atomic mass is 10.0. The molecule has 0 heterocycles. The summed E-state index contributed by atoms with van der Waals surface area (Å²) >= 11 is 6.28. The summed E-state index contributed by atoms with van der Waals surface area (Å²) in [5, 5.41) is 3.30. The molecule has 1 amide bonds. The van der Waals surface area contributed by atoms with Gasteiger partial charge in [0, 0.05) is 12.1 Å². The van der Waals surface area contributed by atoms with Gasteiger partial charge in [0.25, 0.3) is 5.91 Å². The van der Waals surface area contributed by atoms with E-state index in [0.717, 1.165) is 0 Å². The molecule has 0 aliphatic heterocycles. The summed E-state index contributed by atoms with van der Waals surface area (Å²) in [4.78, 5) is 12.5. The Hall–Kier alpha value is -2.20. The molecule has 1 N–H and O–H groups in total. The Morgan fingerprint density at radius 2 is 1.84 bits per heavy atom. The molecule has 0 aliphatic carbocycles. The molecule has 5 heteroatoms. The third kappa shape index (κ3) is 5.13. The summed E-state index contributed by atoms with van der Waals surface area (Å²) in [6, 6.07) is 13.3. The van der Waals surface area contributed by atoms with E-state index in [-0.39, 0.29) is 17.9 Å². The second-order valence-corrected chi connectivity index (χ2v) is 6.59. The highest BCUT2D eigenvalue weighted by Crippen LogP contribution is 2.37. The molecule has 25 heavy (non-hydrogen) atoms. The van der Waals surface area contributed by atoms with Crippen LogP contribution in [0.5, 0.6) is 11.5 Å². The fraction of sp³-hybridized carbons (Fsp3) is 0.350. The number of nitrogens with one attached hydrogen (secondary N) is 1. The Morgan fingerprint density at radius 3 is 2.44 bits per heavy atom. The van der Waals surface area contributed by atoms with Crippen molar-refractivity contribution >= 4 is 17.5 Å². The molecular formula is C20H24ClNO3. The predicted molar refractivity (Wildman–Crippen MR) is 101 cm³/mol. The van der Waals surface area contributed by atoms with E-state index < -0.39 is 0 Å². The number of benzene rings is 2. The third-order valence-electron chi connectivity index (χ3n) is 3.78. The normalized spacial score (nSPS) is 11.9. The zero-order chi connectivity index (χ0) is 18.4. The molecule has 2 rings (SSSR count). The van der Waals surface area contributed by atoms with Gasteiger partial charge in [0.2, 0.25) is 0 Å². The average molecular weight is 362 g/mol. The number of ether oxygens (including phenoxy) is 2. The molecule has 0 aliphatic rings. The highest BCUT2D eigenvalue weighted by molar-refractivity contribution is 6.32. The second-order valence-electron chi connectivity index (χ2n) is 6.18. The Bertz CT molecular complexity index is 716. The summed E-state index contributed by atoms with van der Waals surface area (Å²) in [7, 11) is 1.53. The molecule has 2 aromatic rings. The molecule has 4 nitrogen and oxygen atoms in total. The minimum atomic E-state index is -0.195. The Morgan fingerprint density at radius 1 is 1.16 bits per heavy atom. The number of hydrogen-bond acceptors (Lipinski definition) is 3. The highest BCUT2D eigenvalue weighted by Gasteiger charge is 2.17. The van der Waals surface area contributed by atoms with E-state index in [1.54, 1.807) is 12.1 Å². The van der Waals surface area contributed by atoms with Gasteiger partial charge in [0.05, 0.1) is 18.2 Å². The number of amides is 1. The average Bonchev–Trinajstić information content (AvgIpc) is 2.61. The van der Waals surface area contributed by atoms with Crippen LogP contribution in [0.1, 0.15) is 42.6 Å². The van der Waals surface area contributed by atoms with Crippen molar-refractivity contribution < 1.29 is 14.3 Å². The first kappa shape index (κ1) is 19.1. The summed E-state index contributed by atoms with van der Waals surface area (Å²) in [6.45, 7) is 6.42. The minimum absolute atomic E-state index is 0.0437. The SMILES string of the molecule is COc1cc(C(=O)NCC(C)c2ccccc2)cc(Cl)c1OC(C)C. The highest BCUT2D eigenvalue weighted by atomic mass is 35.5. The maximum atomic E-state index is 12.5. The van der Waals surface area contributed by atoms with Gasteiger partial charge in [-0.3, -0.25) is 4.79 Å². The summed E-state index contributed by atoms with van der Waals surface area (Å²) < 4.78 is 11.0. The summed E-state index contributed by atoms with van der Waals surface area (Å²) in [5.74, 6) is 0.918. The monoisotopic (exact) mass is 361 g/mol. The van der Waals surface area contributed by atoms with Gasteiger partial charge < -0.3 is 14.8 Å². The maximum Gasteiger partial charge on any atom is 0.251 e. The van der Waals surface area contributed by atoms with Crippen molar-refractivity contribution in [2.24, 2.45) is 0 Å². The summed E-state index contributed by atoms with van der Waals surface area (Å²) in [6.07, 6.45) is -0.0437. The Kier molecular flexibility index (Phi) is 6.71. The van der Waals surface area contributed by atoms with Crippen molar-refractivity contribution in [2.75, 3.05) is 13.7 Å². The van der Waals surface area contributed by atoms with Gasteiger partial charge in [0.1, 0.15) is 0 Å². The van der Waals surface area contributed by atoms with Gasteiger partial charge in [-0.1, -0.05) is 48.9 Å². The molecule has 0 radical (unpaired) electrons. The topological polar surface area (TPSA) is 47.6 Å². The number of halogens is 1. The van der Waals surface area contributed by atoms with Crippen molar-refractivity contribution in [3.63, 3.8) is 0 Å². The van der Waals surface area contributed by atoms with Crippen molar-refractivity contribution in [3.05, 3.63) is 58.6 Å². The largest absolute Gasteiger partial charge is 0.493 e. The molecule has 1 atom stereocenters. The number of rotatable bonds is 7. The number of methoxy groups -OCH3 is 1.